The minimum absolute atomic E-state index is 0.469. The van der Waals surface area contributed by atoms with Gasteiger partial charge in [0.25, 0.3) is 0 Å². The Labute approximate surface area is 107 Å². The minimum Gasteiger partial charge on any atom is -0.459 e. The van der Waals surface area contributed by atoms with Crippen LogP contribution in [0.3, 0.4) is 0 Å². The van der Waals surface area contributed by atoms with Crippen molar-refractivity contribution < 1.29 is 4.42 Å². The molecule has 0 amide bonds. The van der Waals surface area contributed by atoms with Gasteiger partial charge in [0, 0.05) is 17.5 Å². The molecule has 3 N–H and O–H groups in total. The third-order valence-corrected chi connectivity index (χ3v) is 2.89. The first-order valence-electron chi connectivity index (χ1n) is 6.23. The molecule has 96 valence electrons. The number of nitrogens with one attached hydrogen (secondary N) is 1. The summed E-state index contributed by atoms with van der Waals surface area (Å²) in [5, 5.41) is 4.18. The van der Waals surface area contributed by atoms with Crippen molar-refractivity contribution in [3.63, 3.8) is 0 Å². The number of benzene rings is 1. The van der Waals surface area contributed by atoms with Crippen molar-refractivity contribution in [2.45, 2.75) is 26.8 Å². The number of hydrogen-bond donors (Lipinski definition) is 2. The lowest BCUT2D eigenvalue weighted by atomic mass is 10.1. The lowest BCUT2D eigenvalue weighted by molar-refractivity contribution is 0.548. The van der Waals surface area contributed by atoms with Gasteiger partial charge in [-0.3, -0.25) is 0 Å². The molecule has 1 heterocycles. The summed E-state index contributed by atoms with van der Waals surface area (Å²) in [6, 6.07) is 8.00. The number of rotatable bonds is 4. The van der Waals surface area contributed by atoms with Gasteiger partial charge in [-0.25, -0.2) is 4.99 Å². The largest absolute Gasteiger partial charge is 0.459 e. The van der Waals surface area contributed by atoms with Gasteiger partial charge >= 0.3 is 0 Å². The summed E-state index contributed by atoms with van der Waals surface area (Å²) in [7, 11) is 0. The highest BCUT2D eigenvalue weighted by molar-refractivity contribution is 5.82. The third-order valence-electron chi connectivity index (χ3n) is 2.89. The average Bonchev–Trinajstić information content (AvgIpc) is 2.71. The van der Waals surface area contributed by atoms with Crippen LogP contribution in [0.4, 0.5) is 0 Å². The molecule has 1 aromatic heterocycles. The second-order valence-electron chi connectivity index (χ2n) is 4.27. The number of guanidine groups is 1. The Morgan fingerprint density at radius 1 is 1.39 bits per heavy atom. The first-order valence-corrected chi connectivity index (χ1v) is 6.23. The van der Waals surface area contributed by atoms with Crippen molar-refractivity contribution in [2.75, 3.05) is 6.54 Å². The van der Waals surface area contributed by atoms with Gasteiger partial charge in [-0.2, -0.15) is 0 Å². The standard InChI is InChI=1S/C14H19N3O/c1-3-8-16-14(15)17-9-13-10(2)11-6-4-5-7-12(11)18-13/h4-7H,3,8-9H2,1-2H3,(H3,15,16,17). The summed E-state index contributed by atoms with van der Waals surface area (Å²) >= 11 is 0. The molecule has 0 spiro atoms. The second-order valence-corrected chi connectivity index (χ2v) is 4.27. The van der Waals surface area contributed by atoms with Gasteiger partial charge in [0.15, 0.2) is 5.96 Å². The smallest absolute Gasteiger partial charge is 0.189 e. The van der Waals surface area contributed by atoms with Gasteiger partial charge in [-0.1, -0.05) is 25.1 Å². The van der Waals surface area contributed by atoms with Crippen LogP contribution in [0.25, 0.3) is 11.0 Å². The molecular weight excluding hydrogens is 226 g/mol. The zero-order valence-electron chi connectivity index (χ0n) is 10.9. The Bertz CT molecular complexity index is 557. The number of aryl methyl sites for hydroxylation is 1. The molecule has 0 saturated carbocycles. The predicted octanol–water partition coefficient (Wildman–Crippen LogP) is 2.56. The second kappa shape index (κ2) is 5.58. The van der Waals surface area contributed by atoms with Gasteiger partial charge in [0.05, 0.1) is 0 Å². The maximum absolute atomic E-state index is 5.76. The SMILES string of the molecule is CCCNC(N)=NCc1oc2ccccc2c1C. The molecule has 0 aliphatic carbocycles. The van der Waals surface area contributed by atoms with Crippen molar-refractivity contribution in [1.29, 1.82) is 0 Å². The Balaban J connectivity index is 2.14. The Hall–Kier alpha value is -1.97. The van der Waals surface area contributed by atoms with Crippen molar-refractivity contribution in [3.8, 4) is 0 Å². The number of fused-ring (bicyclic) bond motifs is 1. The number of nitrogens with two attached hydrogens (primary N) is 1. The lowest BCUT2D eigenvalue weighted by Crippen LogP contribution is -2.32. The Morgan fingerprint density at radius 2 is 2.17 bits per heavy atom. The summed E-state index contributed by atoms with van der Waals surface area (Å²) in [6.07, 6.45) is 1.03. The van der Waals surface area contributed by atoms with E-state index in [1.54, 1.807) is 0 Å². The molecule has 0 unspecified atom stereocenters. The van der Waals surface area contributed by atoms with E-state index >= 15 is 0 Å². The minimum atomic E-state index is 0.469. The van der Waals surface area contributed by atoms with Gasteiger partial charge in [-0.15, -0.1) is 0 Å². The Morgan fingerprint density at radius 3 is 2.89 bits per heavy atom. The lowest BCUT2D eigenvalue weighted by Gasteiger charge is -2.02. The quantitative estimate of drug-likeness (QED) is 0.642. The molecule has 2 rings (SSSR count). The molecular formula is C14H19N3O. The molecule has 0 fully saturated rings. The van der Waals surface area contributed by atoms with E-state index in [4.69, 9.17) is 10.2 Å². The summed E-state index contributed by atoms with van der Waals surface area (Å²) in [6.45, 7) is 5.45. The number of furan rings is 1. The van der Waals surface area contributed by atoms with Crippen LogP contribution in [0.2, 0.25) is 0 Å². The summed E-state index contributed by atoms with van der Waals surface area (Å²) in [5.74, 6) is 1.34. The first-order chi connectivity index (χ1) is 8.72. The molecule has 18 heavy (non-hydrogen) atoms. The number of hydrogen-bond acceptors (Lipinski definition) is 2. The van der Waals surface area contributed by atoms with Crippen LogP contribution in [0.1, 0.15) is 24.7 Å². The van der Waals surface area contributed by atoms with Crippen LogP contribution >= 0.6 is 0 Å². The van der Waals surface area contributed by atoms with Gasteiger partial charge in [0.2, 0.25) is 0 Å². The zero-order chi connectivity index (χ0) is 13.0. The van der Waals surface area contributed by atoms with E-state index in [0.717, 1.165) is 35.3 Å². The molecule has 4 nitrogen and oxygen atoms in total. The van der Waals surface area contributed by atoms with Crippen LogP contribution in [0, 0.1) is 6.92 Å². The molecule has 0 aliphatic rings. The normalized spacial score (nSPS) is 12.0. The zero-order valence-corrected chi connectivity index (χ0v) is 10.9. The van der Waals surface area contributed by atoms with E-state index in [-0.39, 0.29) is 0 Å². The van der Waals surface area contributed by atoms with Gasteiger partial charge in [0.1, 0.15) is 17.9 Å². The molecule has 0 radical (unpaired) electrons. The average molecular weight is 245 g/mol. The third kappa shape index (κ3) is 2.64. The highest BCUT2D eigenvalue weighted by Gasteiger charge is 2.08. The predicted molar refractivity (Wildman–Crippen MR) is 74.6 cm³/mol. The molecule has 4 heteroatoms. The van der Waals surface area contributed by atoms with Crippen LogP contribution in [0.15, 0.2) is 33.7 Å². The monoisotopic (exact) mass is 245 g/mol. The van der Waals surface area contributed by atoms with Crippen molar-refractivity contribution >= 4 is 16.9 Å². The van der Waals surface area contributed by atoms with Crippen molar-refractivity contribution in [2.24, 2.45) is 10.7 Å². The van der Waals surface area contributed by atoms with E-state index in [9.17, 15) is 0 Å². The number of nitrogens with zero attached hydrogens (tertiary/aromatic N) is 1. The molecule has 0 bridgehead atoms. The van der Waals surface area contributed by atoms with Crippen molar-refractivity contribution in [1.82, 2.24) is 5.32 Å². The molecule has 0 atom stereocenters. The van der Waals surface area contributed by atoms with Crippen LogP contribution in [0.5, 0.6) is 0 Å². The topological polar surface area (TPSA) is 63.5 Å². The summed E-state index contributed by atoms with van der Waals surface area (Å²) in [4.78, 5) is 4.28. The van der Waals surface area contributed by atoms with E-state index in [2.05, 4.69) is 23.3 Å². The van der Waals surface area contributed by atoms with Crippen LogP contribution in [-0.4, -0.2) is 12.5 Å². The molecule has 2 aromatic rings. The van der Waals surface area contributed by atoms with E-state index < -0.39 is 0 Å². The first kappa shape index (κ1) is 12.5. The highest BCUT2D eigenvalue weighted by Crippen LogP contribution is 2.25. The van der Waals surface area contributed by atoms with E-state index in [1.807, 2.05) is 25.1 Å². The number of aliphatic imine (C=N–C) groups is 1. The maximum Gasteiger partial charge on any atom is 0.189 e. The molecule has 0 saturated heterocycles. The molecule has 0 aliphatic heterocycles. The maximum atomic E-state index is 5.76. The molecule has 1 aromatic carbocycles. The highest BCUT2D eigenvalue weighted by atomic mass is 16.3. The van der Waals surface area contributed by atoms with Crippen LogP contribution in [-0.2, 0) is 6.54 Å². The van der Waals surface area contributed by atoms with Crippen LogP contribution < -0.4 is 11.1 Å². The fourth-order valence-corrected chi connectivity index (χ4v) is 1.84. The van der Waals surface area contributed by atoms with Gasteiger partial charge < -0.3 is 15.5 Å². The number of para-hydroxylation sites is 1. The van der Waals surface area contributed by atoms with E-state index in [1.165, 1.54) is 0 Å². The summed E-state index contributed by atoms with van der Waals surface area (Å²) < 4.78 is 5.76. The van der Waals surface area contributed by atoms with Crippen molar-refractivity contribution in [3.05, 3.63) is 35.6 Å². The fourth-order valence-electron chi connectivity index (χ4n) is 1.84. The fraction of sp³-hybridized carbons (Fsp3) is 0.357. The van der Waals surface area contributed by atoms with Gasteiger partial charge in [-0.05, 0) is 19.4 Å². The van der Waals surface area contributed by atoms with E-state index in [0.29, 0.717) is 12.5 Å². The Kier molecular flexibility index (Phi) is 3.87. The summed E-state index contributed by atoms with van der Waals surface area (Å²) in [5.41, 5.74) is 7.79.